The van der Waals surface area contributed by atoms with Gasteiger partial charge in [0, 0.05) is 0 Å². The lowest BCUT2D eigenvalue weighted by atomic mass is 9.46. The molecular weight excluding hydrogens is 380 g/mol. The number of allylic oxidation sites excluding steroid dienone is 3. The summed E-state index contributed by atoms with van der Waals surface area (Å²) in [5, 5.41) is 21.9. The van der Waals surface area contributed by atoms with Gasteiger partial charge in [0.1, 0.15) is 0 Å². The van der Waals surface area contributed by atoms with Crippen LogP contribution in [-0.4, -0.2) is 22.4 Å². The maximum atomic E-state index is 11.6. The predicted molar refractivity (Wildman–Crippen MR) is 130 cm³/mol. The van der Waals surface area contributed by atoms with Gasteiger partial charge in [-0.25, -0.2) is 0 Å². The highest BCUT2D eigenvalue weighted by molar-refractivity contribution is 5.26. The van der Waals surface area contributed by atoms with E-state index in [2.05, 4.69) is 59.8 Å². The molecule has 0 aromatic carbocycles. The zero-order chi connectivity index (χ0) is 22.6. The molecule has 0 aromatic heterocycles. The molecular formula is C29H48O2. The number of aliphatic hydroxyl groups is 2. The predicted octanol–water partition coefficient (Wildman–Crippen LogP) is 6.77. The summed E-state index contributed by atoms with van der Waals surface area (Å²) in [6, 6.07) is 0. The van der Waals surface area contributed by atoms with Gasteiger partial charge in [0.05, 0.1) is 12.2 Å². The summed E-state index contributed by atoms with van der Waals surface area (Å²) in [6.07, 6.45) is 15.8. The van der Waals surface area contributed by atoms with Crippen LogP contribution >= 0.6 is 0 Å². The van der Waals surface area contributed by atoms with Crippen LogP contribution in [0.1, 0.15) is 92.9 Å². The third-order valence-corrected chi connectivity index (χ3v) is 10.7. The van der Waals surface area contributed by atoms with Crippen LogP contribution in [0.25, 0.3) is 0 Å². The summed E-state index contributed by atoms with van der Waals surface area (Å²) in [6.45, 7) is 14.3. The lowest BCUT2D eigenvalue weighted by molar-refractivity contribution is -0.127. The molecule has 4 aliphatic rings. The third kappa shape index (κ3) is 3.88. The molecule has 0 heterocycles. The van der Waals surface area contributed by atoms with Crippen molar-refractivity contribution in [2.75, 3.05) is 0 Å². The molecule has 2 N–H and O–H groups in total. The topological polar surface area (TPSA) is 40.5 Å². The lowest BCUT2D eigenvalue weighted by Gasteiger charge is -2.60. The molecule has 4 aliphatic carbocycles. The Morgan fingerprint density at radius 1 is 1.10 bits per heavy atom. The summed E-state index contributed by atoms with van der Waals surface area (Å²) in [5.74, 6) is 4.37. The highest BCUT2D eigenvalue weighted by atomic mass is 16.3. The normalized spacial score (nSPS) is 46.9. The monoisotopic (exact) mass is 428 g/mol. The fourth-order valence-electron chi connectivity index (χ4n) is 8.96. The third-order valence-electron chi connectivity index (χ3n) is 10.7. The van der Waals surface area contributed by atoms with E-state index in [-0.39, 0.29) is 23.0 Å². The molecule has 0 unspecified atom stereocenters. The summed E-state index contributed by atoms with van der Waals surface area (Å²) in [4.78, 5) is 0. The van der Waals surface area contributed by atoms with Gasteiger partial charge < -0.3 is 10.2 Å². The van der Waals surface area contributed by atoms with Crippen LogP contribution in [0.15, 0.2) is 23.8 Å². The fourth-order valence-corrected chi connectivity index (χ4v) is 8.96. The largest absolute Gasteiger partial charge is 0.393 e. The van der Waals surface area contributed by atoms with E-state index < -0.39 is 0 Å². The zero-order valence-corrected chi connectivity index (χ0v) is 21.0. The number of fused-ring (bicyclic) bond motifs is 5. The van der Waals surface area contributed by atoms with Gasteiger partial charge in [-0.2, -0.15) is 0 Å². The summed E-state index contributed by atoms with van der Waals surface area (Å²) in [7, 11) is 0. The standard InChI is InChI=1S/C29H48O2/c1-7-20(18(2)3)9-8-19(4)24-12-13-25-23-11-10-21-16-22(30)14-15-28(21,5)27(23)26(31)17-29(24,25)6/h8-10,18-20,22-27,30-31H,7,11-17H2,1-6H3/t19-,20+,22+,23+,24-,25+,26-,27-,28+,29-/m1/s1. The van der Waals surface area contributed by atoms with Crippen molar-refractivity contribution >= 4 is 0 Å². The van der Waals surface area contributed by atoms with Crippen LogP contribution in [-0.2, 0) is 0 Å². The highest BCUT2D eigenvalue weighted by Gasteiger charge is 2.61. The van der Waals surface area contributed by atoms with E-state index in [4.69, 9.17) is 0 Å². The SMILES string of the molecule is CC[C@@H](C=C[C@@H](C)[C@H]1CC[C@H]2[C@@H]3CC=C4C[C@@H](O)CC[C@]4(C)[C@H]3[C@H](O)C[C@]12C)C(C)C. The van der Waals surface area contributed by atoms with Gasteiger partial charge in [0.15, 0.2) is 0 Å². The molecule has 3 fully saturated rings. The van der Waals surface area contributed by atoms with Crippen LogP contribution < -0.4 is 0 Å². The van der Waals surface area contributed by atoms with E-state index in [1.165, 1.54) is 24.8 Å². The van der Waals surface area contributed by atoms with Crippen LogP contribution in [0.2, 0.25) is 0 Å². The second-order valence-electron chi connectivity index (χ2n) is 12.6. The molecule has 10 atom stereocenters. The maximum absolute atomic E-state index is 11.6. The van der Waals surface area contributed by atoms with E-state index >= 15 is 0 Å². The summed E-state index contributed by atoms with van der Waals surface area (Å²) in [5.41, 5.74) is 1.79. The van der Waals surface area contributed by atoms with Gasteiger partial charge in [-0.15, -0.1) is 0 Å². The maximum Gasteiger partial charge on any atom is 0.0585 e. The van der Waals surface area contributed by atoms with Crippen molar-refractivity contribution in [3.8, 4) is 0 Å². The minimum atomic E-state index is -0.203. The van der Waals surface area contributed by atoms with E-state index in [9.17, 15) is 10.2 Å². The average Bonchev–Trinajstić information content (AvgIpc) is 3.04. The van der Waals surface area contributed by atoms with Crippen molar-refractivity contribution in [3.63, 3.8) is 0 Å². The van der Waals surface area contributed by atoms with Crippen LogP contribution in [0, 0.1) is 52.3 Å². The van der Waals surface area contributed by atoms with Gasteiger partial charge in [0.2, 0.25) is 0 Å². The molecule has 0 bridgehead atoms. The Hall–Kier alpha value is -0.600. The quantitative estimate of drug-likeness (QED) is 0.474. The van der Waals surface area contributed by atoms with Gasteiger partial charge in [-0.1, -0.05) is 65.3 Å². The van der Waals surface area contributed by atoms with Crippen molar-refractivity contribution in [1.29, 1.82) is 0 Å². The molecule has 3 saturated carbocycles. The fraction of sp³-hybridized carbons (Fsp3) is 0.862. The highest BCUT2D eigenvalue weighted by Crippen LogP contribution is 2.67. The minimum absolute atomic E-state index is 0.0953. The van der Waals surface area contributed by atoms with Crippen molar-refractivity contribution in [2.24, 2.45) is 52.3 Å². The Bertz CT molecular complexity index is 708. The van der Waals surface area contributed by atoms with E-state index in [0.29, 0.717) is 35.5 Å². The van der Waals surface area contributed by atoms with Gasteiger partial charge in [0.25, 0.3) is 0 Å². The first-order valence-corrected chi connectivity index (χ1v) is 13.4. The molecule has 2 nitrogen and oxygen atoms in total. The van der Waals surface area contributed by atoms with E-state index in [0.717, 1.165) is 38.0 Å². The molecule has 0 amide bonds. The first-order valence-electron chi connectivity index (χ1n) is 13.4. The lowest BCUT2D eigenvalue weighted by Crippen LogP contribution is -2.56. The second-order valence-corrected chi connectivity index (χ2v) is 12.6. The van der Waals surface area contributed by atoms with Crippen LogP contribution in [0.4, 0.5) is 0 Å². The second kappa shape index (κ2) is 8.64. The molecule has 176 valence electrons. The first-order chi connectivity index (χ1) is 14.6. The number of hydrogen-bond acceptors (Lipinski definition) is 2. The molecule has 4 rings (SSSR count). The Kier molecular flexibility index (Phi) is 6.56. The number of aliphatic hydroxyl groups excluding tert-OH is 2. The van der Waals surface area contributed by atoms with E-state index in [1.807, 2.05) is 0 Å². The number of hydrogen-bond donors (Lipinski definition) is 2. The van der Waals surface area contributed by atoms with Crippen molar-refractivity contribution in [2.45, 2.75) is 105 Å². The van der Waals surface area contributed by atoms with Gasteiger partial charge >= 0.3 is 0 Å². The Labute approximate surface area is 191 Å². The molecule has 0 saturated heterocycles. The first kappa shape index (κ1) is 23.6. The Morgan fingerprint density at radius 2 is 1.84 bits per heavy atom. The van der Waals surface area contributed by atoms with Gasteiger partial charge in [-0.05, 0) is 104 Å². The minimum Gasteiger partial charge on any atom is -0.393 e. The van der Waals surface area contributed by atoms with Crippen molar-refractivity contribution < 1.29 is 10.2 Å². The van der Waals surface area contributed by atoms with Gasteiger partial charge in [-0.3, -0.25) is 0 Å². The summed E-state index contributed by atoms with van der Waals surface area (Å²) < 4.78 is 0. The number of rotatable bonds is 5. The molecule has 0 aromatic rings. The van der Waals surface area contributed by atoms with Crippen molar-refractivity contribution in [1.82, 2.24) is 0 Å². The van der Waals surface area contributed by atoms with Crippen LogP contribution in [0.3, 0.4) is 0 Å². The molecule has 2 heteroatoms. The molecule has 0 radical (unpaired) electrons. The molecule has 0 spiro atoms. The van der Waals surface area contributed by atoms with E-state index in [1.54, 1.807) is 0 Å². The van der Waals surface area contributed by atoms with Crippen LogP contribution in [0.5, 0.6) is 0 Å². The zero-order valence-electron chi connectivity index (χ0n) is 21.0. The average molecular weight is 429 g/mol. The Balaban J connectivity index is 1.57. The Morgan fingerprint density at radius 3 is 2.52 bits per heavy atom. The summed E-state index contributed by atoms with van der Waals surface area (Å²) >= 11 is 0. The molecule has 31 heavy (non-hydrogen) atoms. The smallest absolute Gasteiger partial charge is 0.0585 e. The van der Waals surface area contributed by atoms with Crippen molar-refractivity contribution in [3.05, 3.63) is 23.8 Å². The molecule has 0 aliphatic heterocycles.